The Morgan fingerprint density at radius 2 is 1.30 bits per heavy atom. The van der Waals surface area contributed by atoms with Crippen LogP contribution in [-0.4, -0.2) is 73.5 Å². The SMILES string of the molecule is C[N+]1=C(/C=C/c2ccc(N3CCCC3)cc2)C(C)(C)c2cc(Cl)ccc21.O=C1C=CC(=NN=c2[n-]cc([N+](=O)[O-])s2)C(O)=C1.O=C1C=CC(=NN=c2[n-]cc([N+](=O)[O-])s2)C(O)=C1.[Co]. The maximum atomic E-state index is 10.9. The quantitative estimate of drug-likeness (QED) is 0.0869. The summed E-state index contributed by atoms with van der Waals surface area (Å²) >= 11 is 7.75. The Hall–Kier alpha value is -6.65. The summed E-state index contributed by atoms with van der Waals surface area (Å²) in [6.07, 6.45) is 16.3. The molecule has 1 saturated heterocycles. The minimum absolute atomic E-state index is 0. The van der Waals surface area contributed by atoms with Gasteiger partial charge in [0, 0.05) is 92.4 Å². The van der Waals surface area contributed by atoms with Crippen molar-refractivity contribution in [3.8, 4) is 0 Å². The largest absolute Gasteiger partial charge is 0.506 e. The van der Waals surface area contributed by atoms with Crippen LogP contribution in [0.15, 0.2) is 129 Å². The van der Waals surface area contributed by atoms with Gasteiger partial charge in [0.2, 0.25) is 5.69 Å². The molecule has 0 saturated carbocycles. The van der Waals surface area contributed by atoms with Gasteiger partial charge in [-0.2, -0.15) is 4.58 Å². The van der Waals surface area contributed by atoms with E-state index < -0.39 is 9.85 Å². The number of aliphatic hydroxyl groups excluding tert-OH is 2. The molecule has 0 amide bonds. The number of ketones is 2. The minimum Gasteiger partial charge on any atom is -0.506 e. The zero-order chi connectivity index (χ0) is 44.6. The molecular formula is C41H36ClCoN10O8S2-. The molecule has 0 atom stereocenters. The number of carbonyl (C=O) groups excluding carboxylic acids is 2. The number of hydrogen-bond donors (Lipinski definition) is 2. The molecule has 63 heavy (non-hydrogen) atoms. The van der Waals surface area contributed by atoms with Crippen LogP contribution in [0.3, 0.4) is 0 Å². The first-order valence-corrected chi connectivity index (χ1v) is 20.6. The van der Waals surface area contributed by atoms with E-state index in [2.05, 4.69) is 109 Å². The number of benzene rings is 2. The maximum absolute atomic E-state index is 10.9. The van der Waals surface area contributed by atoms with Crippen LogP contribution in [0.1, 0.15) is 37.8 Å². The van der Waals surface area contributed by atoms with Gasteiger partial charge in [-0.25, -0.2) is 0 Å². The molecule has 0 spiro atoms. The molecule has 2 aliphatic heterocycles. The number of hydrogen-bond acceptors (Lipinski definition) is 15. The molecule has 4 heterocycles. The third-order valence-corrected chi connectivity index (χ3v) is 11.4. The van der Waals surface area contributed by atoms with Gasteiger partial charge >= 0.3 is 10.0 Å². The Morgan fingerprint density at radius 3 is 1.76 bits per heavy atom. The van der Waals surface area contributed by atoms with Crippen LogP contribution in [0.25, 0.3) is 6.08 Å². The average Bonchev–Trinajstić information content (AvgIpc) is 4.06. The number of fused-ring (bicyclic) bond motifs is 1. The normalized spacial score (nSPS) is 18.2. The maximum Gasteiger partial charge on any atom is 0.319 e. The van der Waals surface area contributed by atoms with Crippen molar-refractivity contribution >= 4 is 90.4 Å². The predicted molar refractivity (Wildman–Crippen MR) is 237 cm³/mol. The van der Waals surface area contributed by atoms with E-state index in [0.717, 1.165) is 52.2 Å². The number of aromatic nitrogens is 2. The van der Waals surface area contributed by atoms with Crippen molar-refractivity contribution in [2.45, 2.75) is 32.1 Å². The second-order valence-electron chi connectivity index (χ2n) is 14.0. The first kappa shape index (κ1) is 47.4. The summed E-state index contributed by atoms with van der Waals surface area (Å²) in [5, 5.41) is 54.7. The van der Waals surface area contributed by atoms with Gasteiger partial charge in [0.15, 0.2) is 17.3 Å². The van der Waals surface area contributed by atoms with Crippen LogP contribution in [0.5, 0.6) is 0 Å². The summed E-state index contributed by atoms with van der Waals surface area (Å²) in [5.74, 6) is -1.32. The van der Waals surface area contributed by atoms with E-state index in [4.69, 9.17) is 11.6 Å². The monoisotopic (exact) mass is 954 g/mol. The van der Waals surface area contributed by atoms with E-state index in [1.54, 1.807) is 0 Å². The third-order valence-electron chi connectivity index (χ3n) is 9.50. The molecule has 327 valence electrons. The number of halogens is 1. The van der Waals surface area contributed by atoms with Crippen molar-refractivity contribution in [1.82, 2.24) is 9.97 Å². The predicted octanol–water partition coefficient (Wildman–Crippen LogP) is 6.56. The first-order valence-electron chi connectivity index (χ1n) is 18.6. The van der Waals surface area contributed by atoms with Crippen LogP contribution in [0, 0.1) is 20.2 Å². The van der Waals surface area contributed by atoms with Gasteiger partial charge in [0.05, 0.1) is 15.3 Å². The molecule has 18 nitrogen and oxygen atoms in total. The topological polar surface area (TPSA) is 245 Å². The van der Waals surface area contributed by atoms with E-state index in [1.807, 2.05) is 6.07 Å². The number of allylic oxidation sites excluding steroid dienone is 7. The van der Waals surface area contributed by atoms with Crippen molar-refractivity contribution in [3.63, 3.8) is 0 Å². The Kier molecular flexibility index (Phi) is 15.8. The number of nitrogens with zero attached hydrogens (tertiary/aromatic N) is 10. The number of rotatable bonds is 7. The summed E-state index contributed by atoms with van der Waals surface area (Å²) < 4.78 is 2.28. The van der Waals surface area contributed by atoms with E-state index in [-0.39, 0.29) is 76.3 Å². The Bertz CT molecular complexity index is 2720. The van der Waals surface area contributed by atoms with E-state index >= 15 is 0 Å². The van der Waals surface area contributed by atoms with Gasteiger partial charge in [-0.05, 0) is 86.9 Å². The Labute approximate surface area is 381 Å². The van der Waals surface area contributed by atoms with Gasteiger partial charge in [0.1, 0.15) is 30.0 Å². The van der Waals surface area contributed by atoms with Gasteiger partial charge in [-0.15, -0.1) is 0 Å². The molecule has 4 aromatic rings. The fourth-order valence-corrected chi connectivity index (χ4v) is 7.68. The smallest absolute Gasteiger partial charge is 0.319 e. The minimum atomic E-state index is -0.583. The Morgan fingerprint density at radius 1 is 0.794 bits per heavy atom. The molecule has 22 heteroatoms. The standard InChI is InChI=1S/C23H26ClN2.2C9H6N4O4S.Co/c1-23(2)20-16-18(24)9-12-21(20)25(3)22(23)13-8-17-6-10-19(11-7-17)26-14-4-5-15-26;2*14-5-1-2-6(7(15)3-5)11-12-9-10-4-8(18-9)13(16)17;/h6-13,16H,4-5,14-15H2,1-3H3;2*1-4H,(H2,10,12,14,15);/q+1;;;/p-2. The molecule has 2 aliphatic carbocycles. The van der Waals surface area contributed by atoms with Crippen molar-refractivity contribution in [2.75, 3.05) is 25.0 Å². The van der Waals surface area contributed by atoms with Gasteiger partial charge in [-0.3, -0.25) is 40.0 Å². The van der Waals surface area contributed by atoms with Crippen molar-refractivity contribution in [3.05, 3.63) is 155 Å². The zero-order valence-corrected chi connectivity index (χ0v) is 36.9. The average molecular weight is 955 g/mol. The number of anilines is 1. The molecule has 2 aromatic heterocycles. The summed E-state index contributed by atoms with van der Waals surface area (Å²) in [7, 11) is 2.14. The van der Waals surface area contributed by atoms with Gasteiger partial charge in [0.25, 0.3) is 0 Å². The van der Waals surface area contributed by atoms with Gasteiger partial charge in [-0.1, -0.05) is 46.4 Å². The van der Waals surface area contributed by atoms with Crippen molar-refractivity contribution in [1.29, 1.82) is 0 Å². The molecule has 2 aromatic carbocycles. The molecule has 8 rings (SSSR count). The number of aliphatic hydroxyl groups is 2. The molecule has 2 N–H and O–H groups in total. The fraction of sp³-hybridized carbons (Fsp3) is 0.195. The second kappa shape index (κ2) is 20.9. The molecule has 1 radical (unpaired) electrons. The molecule has 0 bridgehead atoms. The molecule has 0 unspecified atom stereocenters. The molecule has 4 aliphatic rings. The zero-order valence-electron chi connectivity index (χ0n) is 33.5. The third kappa shape index (κ3) is 12.0. The van der Waals surface area contributed by atoms with E-state index in [9.17, 15) is 40.0 Å². The van der Waals surface area contributed by atoms with Crippen LogP contribution in [0.4, 0.5) is 21.4 Å². The van der Waals surface area contributed by atoms with Crippen LogP contribution >= 0.6 is 34.3 Å². The van der Waals surface area contributed by atoms with Crippen LogP contribution in [-0.2, 0) is 31.8 Å². The molecule has 1 fully saturated rings. The van der Waals surface area contributed by atoms with Crippen LogP contribution < -0.4 is 24.5 Å². The summed E-state index contributed by atoms with van der Waals surface area (Å²) in [6, 6.07) is 15.1. The fourth-order valence-electron chi connectivity index (χ4n) is 6.40. The summed E-state index contributed by atoms with van der Waals surface area (Å²) in [5.41, 5.74) is 6.52. The molecular weight excluding hydrogens is 919 g/mol. The number of carbonyl (C=O) groups is 2. The van der Waals surface area contributed by atoms with E-state index in [1.165, 1.54) is 78.4 Å². The van der Waals surface area contributed by atoms with E-state index in [0.29, 0.717) is 0 Å². The van der Waals surface area contributed by atoms with Crippen molar-refractivity contribution in [2.24, 2.45) is 20.4 Å². The van der Waals surface area contributed by atoms with Crippen molar-refractivity contribution < 1.29 is 51.0 Å². The first-order chi connectivity index (χ1) is 29.6. The van der Waals surface area contributed by atoms with Gasteiger partial charge < -0.3 is 35.3 Å². The summed E-state index contributed by atoms with van der Waals surface area (Å²) in [4.78, 5) is 51.4. The van der Waals surface area contributed by atoms with Crippen LogP contribution in [0.2, 0.25) is 5.02 Å². The Balaban J connectivity index is 0.000000182. The second-order valence-corrected chi connectivity index (χ2v) is 16.4. The summed E-state index contributed by atoms with van der Waals surface area (Å²) in [6.45, 7) is 6.91. The number of nitro groups is 2. The number of thiazole rings is 2.